The second-order valence-electron chi connectivity index (χ2n) is 6.92. The van der Waals surface area contributed by atoms with Gasteiger partial charge < -0.3 is 19.7 Å². The number of benzene rings is 1. The van der Waals surface area contributed by atoms with E-state index >= 15 is 0 Å². The van der Waals surface area contributed by atoms with Crippen LogP contribution in [0.3, 0.4) is 0 Å². The average molecular weight is 385 g/mol. The Morgan fingerprint density at radius 2 is 2.11 bits per heavy atom. The fourth-order valence-electron chi connectivity index (χ4n) is 3.35. The summed E-state index contributed by atoms with van der Waals surface area (Å²) in [6.45, 7) is 6.04. The van der Waals surface area contributed by atoms with Crippen LogP contribution in [0.5, 0.6) is 11.5 Å². The van der Waals surface area contributed by atoms with Crippen LogP contribution in [0, 0.1) is 5.92 Å². The molecule has 1 saturated carbocycles. The van der Waals surface area contributed by atoms with Crippen LogP contribution >= 0.6 is 11.3 Å². The molecule has 2 aromatic rings. The van der Waals surface area contributed by atoms with Crippen LogP contribution in [0.4, 0.5) is 4.79 Å². The minimum atomic E-state index is -0.0601. The Hall–Kier alpha value is -2.47. The van der Waals surface area contributed by atoms with Crippen molar-refractivity contribution < 1.29 is 14.3 Å². The van der Waals surface area contributed by atoms with E-state index < -0.39 is 0 Å². The van der Waals surface area contributed by atoms with Crippen molar-refractivity contribution in [3.63, 3.8) is 0 Å². The van der Waals surface area contributed by atoms with Crippen LogP contribution in [0.2, 0.25) is 0 Å². The molecule has 1 fully saturated rings. The third-order valence-electron chi connectivity index (χ3n) is 4.86. The molecule has 0 spiro atoms. The number of ether oxygens (including phenoxy) is 2. The first-order valence-corrected chi connectivity index (χ1v) is 10.2. The van der Waals surface area contributed by atoms with Gasteiger partial charge in [-0.1, -0.05) is 18.2 Å². The maximum absolute atomic E-state index is 13.0. The molecule has 1 aromatic carbocycles. The van der Waals surface area contributed by atoms with Crippen LogP contribution in [0.25, 0.3) is 0 Å². The van der Waals surface area contributed by atoms with Crippen molar-refractivity contribution in [1.82, 2.24) is 10.2 Å². The van der Waals surface area contributed by atoms with Gasteiger partial charge in [0.15, 0.2) is 11.5 Å². The van der Waals surface area contributed by atoms with Gasteiger partial charge in [-0.25, -0.2) is 4.79 Å². The molecule has 0 bridgehead atoms. The normalized spacial score (nSPS) is 16.4. The number of carbonyl (C=O) groups is 1. The smallest absolute Gasteiger partial charge is 0.318 e. The number of carbonyl (C=O) groups excluding carboxylic acids is 1. The zero-order chi connectivity index (χ0) is 18.6. The molecule has 142 valence electrons. The van der Waals surface area contributed by atoms with Crippen molar-refractivity contribution >= 4 is 17.4 Å². The van der Waals surface area contributed by atoms with E-state index in [2.05, 4.69) is 11.9 Å². The summed E-state index contributed by atoms with van der Waals surface area (Å²) in [6, 6.07) is 9.97. The molecule has 6 heteroatoms. The van der Waals surface area contributed by atoms with Gasteiger partial charge in [0.1, 0.15) is 13.2 Å². The highest BCUT2D eigenvalue weighted by atomic mass is 32.1. The lowest BCUT2D eigenvalue weighted by Gasteiger charge is -2.27. The van der Waals surface area contributed by atoms with E-state index in [1.807, 2.05) is 35.7 Å². The Morgan fingerprint density at radius 1 is 1.30 bits per heavy atom. The molecule has 0 radical (unpaired) electrons. The van der Waals surface area contributed by atoms with E-state index in [-0.39, 0.29) is 12.1 Å². The minimum Gasteiger partial charge on any atom is -0.486 e. The van der Waals surface area contributed by atoms with E-state index in [4.69, 9.17) is 9.47 Å². The molecule has 1 aliphatic heterocycles. The van der Waals surface area contributed by atoms with Gasteiger partial charge in [-0.05, 0) is 47.9 Å². The molecule has 0 saturated heterocycles. The third kappa shape index (κ3) is 4.27. The fourth-order valence-corrected chi connectivity index (χ4v) is 4.07. The van der Waals surface area contributed by atoms with Crippen molar-refractivity contribution in [2.24, 2.45) is 5.92 Å². The summed E-state index contributed by atoms with van der Waals surface area (Å²) in [5, 5.41) is 5.28. The summed E-state index contributed by atoms with van der Waals surface area (Å²) in [7, 11) is 0. The van der Waals surface area contributed by atoms with Crippen LogP contribution in [0.1, 0.15) is 29.3 Å². The Labute approximate surface area is 163 Å². The van der Waals surface area contributed by atoms with Gasteiger partial charge in [-0.2, -0.15) is 0 Å². The van der Waals surface area contributed by atoms with E-state index in [0.717, 1.165) is 34.8 Å². The quantitative estimate of drug-likeness (QED) is 0.721. The van der Waals surface area contributed by atoms with Gasteiger partial charge in [0, 0.05) is 11.4 Å². The van der Waals surface area contributed by atoms with Crippen LogP contribution in [0.15, 0.2) is 48.4 Å². The molecular weight excluding hydrogens is 360 g/mol. The zero-order valence-corrected chi connectivity index (χ0v) is 16.0. The molecule has 1 atom stereocenters. The average Bonchev–Trinajstić information content (AvgIpc) is 3.41. The van der Waals surface area contributed by atoms with Gasteiger partial charge in [-0.3, -0.25) is 0 Å². The van der Waals surface area contributed by atoms with Gasteiger partial charge in [0.2, 0.25) is 0 Å². The molecule has 27 heavy (non-hydrogen) atoms. The molecule has 5 nitrogen and oxygen atoms in total. The Kier molecular flexibility index (Phi) is 5.34. The van der Waals surface area contributed by atoms with Crippen molar-refractivity contribution in [1.29, 1.82) is 0 Å². The monoisotopic (exact) mass is 384 g/mol. The minimum absolute atomic E-state index is 0.0102. The van der Waals surface area contributed by atoms with Crippen molar-refractivity contribution in [2.45, 2.75) is 25.4 Å². The lowest BCUT2D eigenvalue weighted by Crippen LogP contribution is -2.41. The Balaban J connectivity index is 1.50. The lowest BCUT2D eigenvalue weighted by atomic mass is 10.0. The lowest BCUT2D eigenvalue weighted by molar-refractivity contribution is 0.171. The van der Waals surface area contributed by atoms with E-state index in [1.54, 1.807) is 22.3 Å². The Bertz CT molecular complexity index is 802. The summed E-state index contributed by atoms with van der Waals surface area (Å²) >= 11 is 1.66. The topological polar surface area (TPSA) is 50.8 Å². The van der Waals surface area contributed by atoms with E-state index in [0.29, 0.717) is 32.2 Å². The van der Waals surface area contributed by atoms with Crippen molar-refractivity contribution in [2.75, 3.05) is 19.8 Å². The number of nitrogens with zero attached hydrogens (tertiary/aromatic N) is 1. The summed E-state index contributed by atoms with van der Waals surface area (Å²) in [5.41, 5.74) is 1.07. The Morgan fingerprint density at radius 3 is 2.81 bits per heavy atom. The van der Waals surface area contributed by atoms with Crippen LogP contribution in [-0.2, 0) is 6.54 Å². The van der Waals surface area contributed by atoms with Gasteiger partial charge in [-0.15, -0.1) is 17.9 Å². The molecule has 2 heterocycles. The number of hydrogen-bond donors (Lipinski definition) is 1. The number of hydrogen-bond acceptors (Lipinski definition) is 4. The molecule has 4 rings (SSSR count). The second kappa shape index (κ2) is 8.05. The predicted molar refractivity (Wildman–Crippen MR) is 106 cm³/mol. The summed E-state index contributed by atoms with van der Waals surface area (Å²) in [5.74, 6) is 2.01. The van der Waals surface area contributed by atoms with Crippen LogP contribution in [-0.4, -0.2) is 30.7 Å². The van der Waals surface area contributed by atoms with E-state index in [9.17, 15) is 4.79 Å². The number of amides is 2. The molecule has 2 amide bonds. The number of rotatable bonds is 7. The molecule has 1 aliphatic carbocycles. The first kappa shape index (κ1) is 17.9. The van der Waals surface area contributed by atoms with Gasteiger partial charge in [0.25, 0.3) is 0 Å². The first-order chi connectivity index (χ1) is 13.2. The van der Waals surface area contributed by atoms with E-state index in [1.165, 1.54) is 0 Å². The second-order valence-corrected chi connectivity index (χ2v) is 7.95. The molecule has 1 aromatic heterocycles. The van der Waals surface area contributed by atoms with Crippen molar-refractivity contribution in [3.05, 3.63) is 58.8 Å². The number of urea groups is 1. The van der Waals surface area contributed by atoms with Gasteiger partial charge >= 0.3 is 6.03 Å². The molecule has 2 aliphatic rings. The maximum atomic E-state index is 13.0. The van der Waals surface area contributed by atoms with Crippen LogP contribution < -0.4 is 14.8 Å². The summed E-state index contributed by atoms with van der Waals surface area (Å²) in [6.07, 6.45) is 4.03. The van der Waals surface area contributed by atoms with Crippen molar-refractivity contribution in [3.8, 4) is 11.5 Å². The number of fused-ring (bicyclic) bond motifs is 1. The predicted octanol–water partition coefficient (Wildman–Crippen LogP) is 4.37. The highest BCUT2D eigenvalue weighted by Gasteiger charge is 2.35. The summed E-state index contributed by atoms with van der Waals surface area (Å²) in [4.78, 5) is 15.9. The summed E-state index contributed by atoms with van der Waals surface area (Å²) < 4.78 is 11.3. The molecular formula is C21H24N2O3S. The zero-order valence-electron chi connectivity index (χ0n) is 15.2. The fraction of sp³-hybridized carbons (Fsp3) is 0.381. The third-order valence-corrected chi connectivity index (χ3v) is 5.72. The highest BCUT2D eigenvalue weighted by molar-refractivity contribution is 7.09. The largest absolute Gasteiger partial charge is 0.486 e. The maximum Gasteiger partial charge on any atom is 0.318 e. The number of thiophene rings is 1. The SMILES string of the molecule is C=CCN(Cc1cccs1)C(=O)NC(c1ccc2c(c1)OCCO2)C1CC1. The molecule has 1 unspecified atom stereocenters. The molecule has 1 N–H and O–H groups in total. The standard InChI is InChI=1S/C21H24N2O3S/c1-2-9-23(14-17-4-3-12-27-17)21(24)22-20(15-5-6-15)16-7-8-18-19(13-16)26-11-10-25-18/h2-4,7-8,12-13,15,20H,1,5-6,9-11,14H2,(H,22,24). The number of nitrogens with one attached hydrogen (secondary N) is 1. The van der Waals surface area contributed by atoms with Gasteiger partial charge in [0.05, 0.1) is 12.6 Å². The first-order valence-electron chi connectivity index (χ1n) is 9.33. The highest BCUT2D eigenvalue weighted by Crippen LogP contribution is 2.43.